The first kappa shape index (κ1) is 17.7. The molecule has 0 aliphatic heterocycles. The van der Waals surface area contributed by atoms with Crippen LogP contribution in [0.15, 0.2) is 34.4 Å². The molecule has 0 spiro atoms. The van der Waals surface area contributed by atoms with E-state index in [0.29, 0.717) is 10.6 Å². The van der Waals surface area contributed by atoms with E-state index in [0.717, 1.165) is 5.56 Å². The highest BCUT2D eigenvalue weighted by Gasteiger charge is 2.29. The van der Waals surface area contributed by atoms with Gasteiger partial charge in [0.1, 0.15) is 0 Å². The maximum atomic E-state index is 12.4. The van der Waals surface area contributed by atoms with Crippen molar-refractivity contribution >= 4 is 29.5 Å². The highest BCUT2D eigenvalue weighted by molar-refractivity contribution is 6.30. The molecule has 8 heteroatoms. The van der Waals surface area contributed by atoms with Crippen LogP contribution in [0, 0.1) is 0 Å². The Labute approximate surface area is 143 Å². The Balaban J connectivity index is 2.14. The zero-order valence-electron chi connectivity index (χ0n) is 13.5. The number of halogens is 1. The molecule has 0 radical (unpaired) electrons. The molecule has 2 aromatic rings. The second-order valence-electron chi connectivity index (χ2n) is 5.75. The third-order valence-corrected chi connectivity index (χ3v) is 3.49. The van der Waals surface area contributed by atoms with Crippen LogP contribution in [-0.2, 0) is 10.3 Å². The summed E-state index contributed by atoms with van der Waals surface area (Å²) >= 11 is 5.83. The summed E-state index contributed by atoms with van der Waals surface area (Å²) in [6, 6.07) is 7.10. The van der Waals surface area contributed by atoms with Crippen molar-refractivity contribution in [2.24, 2.45) is 5.73 Å². The summed E-state index contributed by atoms with van der Waals surface area (Å²) in [5.74, 6) is -1.28. The largest absolute Gasteiger partial charge is 0.361 e. The third-order valence-electron chi connectivity index (χ3n) is 3.23. The Morgan fingerprint density at radius 3 is 2.46 bits per heavy atom. The van der Waals surface area contributed by atoms with E-state index in [2.05, 4.69) is 15.5 Å². The highest BCUT2D eigenvalue weighted by atomic mass is 35.5. The van der Waals surface area contributed by atoms with E-state index in [1.54, 1.807) is 39.0 Å². The molecule has 2 amide bonds. The van der Waals surface area contributed by atoms with Crippen LogP contribution < -0.4 is 11.1 Å². The summed E-state index contributed by atoms with van der Waals surface area (Å²) in [4.78, 5) is 27.3. The van der Waals surface area contributed by atoms with Crippen molar-refractivity contribution in [2.45, 2.75) is 26.3 Å². The van der Waals surface area contributed by atoms with Crippen molar-refractivity contribution in [1.82, 2.24) is 15.5 Å². The summed E-state index contributed by atoms with van der Waals surface area (Å²) in [5.41, 5.74) is 5.47. The summed E-state index contributed by atoms with van der Waals surface area (Å²) in [6.07, 6.45) is 1.73. The zero-order valence-corrected chi connectivity index (χ0v) is 14.2. The van der Waals surface area contributed by atoms with Gasteiger partial charge in [-0.2, -0.15) is 4.98 Å². The van der Waals surface area contributed by atoms with E-state index in [-0.39, 0.29) is 17.6 Å². The van der Waals surface area contributed by atoms with Gasteiger partial charge in [-0.15, -0.1) is 0 Å². The minimum absolute atomic E-state index is 0.156. The first-order valence-electron chi connectivity index (χ1n) is 7.09. The summed E-state index contributed by atoms with van der Waals surface area (Å²) in [7, 11) is 0. The Bertz CT molecular complexity index is 794. The number of rotatable bonds is 5. The molecule has 0 aliphatic carbocycles. The molecule has 0 aliphatic rings. The van der Waals surface area contributed by atoms with Crippen molar-refractivity contribution in [3.8, 4) is 0 Å². The number of aromatic nitrogens is 2. The van der Waals surface area contributed by atoms with Crippen LogP contribution in [0.2, 0.25) is 5.02 Å². The predicted octanol–water partition coefficient (Wildman–Crippen LogP) is 2.28. The maximum Gasteiger partial charge on any atom is 0.315 e. The fourth-order valence-corrected chi connectivity index (χ4v) is 2.02. The van der Waals surface area contributed by atoms with Gasteiger partial charge in [-0.1, -0.05) is 28.9 Å². The third kappa shape index (κ3) is 4.20. The monoisotopic (exact) mass is 348 g/mol. The van der Waals surface area contributed by atoms with Crippen molar-refractivity contribution in [3.63, 3.8) is 0 Å². The van der Waals surface area contributed by atoms with Crippen molar-refractivity contribution < 1.29 is 14.1 Å². The molecular formula is C16H17ClN4O3. The molecule has 0 saturated carbocycles. The minimum atomic E-state index is -0.941. The molecule has 126 valence electrons. The number of benzene rings is 1. The lowest BCUT2D eigenvalue weighted by Crippen LogP contribution is -2.42. The smallest absolute Gasteiger partial charge is 0.315 e. The molecule has 1 heterocycles. The lowest BCUT2D eigenvalue weighted by atomic mass is 10.0. The number of hydrogen-bond donors (Lipinski definition) is 2. The van der Waals surface area contributed by atoms with Gasteiger partial charge in [-0.25, -0.2) is 0 Å². The number of amides is 2. The number of primary amides is 1. The summed E-state index contributed by atoms with van der Waals surface area (Å²) in [6.45, 7) is 5.07. The van der Waals surface area contributed by atoms with Gasteiger partial charge in [-0.3, -0.25) is 9.59 Å². The van der Waals surface area contributed by atoms with Crippen molar-refractivity contribution in [2.75, 3.05) is 0 Å². The molecule has 24 heavy (non-hydrogen) atoms. The molecule has 0 atom stereocenters. The minimum Gasteiger partial charge on any atom is -0.361 e. The van der Waals surface area contributed by atoms with E-state index in [9.17, 15) is 9.59 Å². The van der Waals surface area contributed by atoms with E-state index in [1.807, 2.05) is 12.1 Å². The number of carbonyl (C=O) groups is 2. The van der Waals surface area contributed by atoms with Crippen LogP contribution in [0.1, 0.15) is 42.8 Å². The molecule has 7 nitrogen and oxygen atoms in total. The number of nitrogens with zero attached hydrogens (tertiary/aromatic N) is 2. The van der Waals surface area contributed by atoms with Gasteiger partial charge in [0.2, 0.25) is 5.91 Å². The van der Waals surface area contributed by atoms with Crippen LogP contribution in [0.5, 0.6) is 0 Å². The molecule has 0 unspecified atom stereocenters. The predicted molar refractivity (Wildman–Crippen MR) is 89.1 cm³/mol. The van der Waals surface area contributed by atoms with Gasteiger partial charge in [0.25, 0.3) is 0 Å². The Kier molecular flexibility index (Phi) is 5.04. The Morgan fingerprint density at radius 2 is 1.92 bits per heavy atom. The highest BCUT2D eigenvalue weighted by Crippen LogP contribution is 2.18. The van der Waals surface area contributed by atoms with Gasteiger partial charge in [-0.05, 0) is 44.5 Å². The zero-order chi connectivity index (χ0) is 17.9. The normalized spacial score (nSPS) is 12.1. The van der Waals surface area contributed by atoms with Crippen LogP contribution in [0.4, 0.5) is 0 Å². The quantitative estimate of drug-likeness (QED) is 0.805. The van der Waals surface area contributed by atoms with Gasteiger partial charge < -0.3 is 15.6 Å². The lowest BCUT2D eigenvalue weighted by molar-refractivity contribution is -0.119. The molecule has 0 bridgehead atoms. The molecule has 1 aromatic carbocycles. The van der Waals surface area contributed by atoms with Gasteiger partial charge in [0, 0.05) is 10.6 Å². The van der Waals surface area contributed by atoms with Crippen LogP contribution >= 0.6 is 11.6 Å². The van der Waals surface area contributed by atoms with Crippen LogP contribution in [0.3, 0.4) is 0 Å². The van der Waals surface area contributed by atoms with Crippen molar-refractivity contribution in [3.05, 3.63) is 52.1 Å². The van der Waals surface area contributed by atoms with Gasteiger partial charge >= 0.3 is 11.8 Å². The van der Waals surface area contributed by atoms with Crippen LogP contribution in [0.25, 0.3) is 6.08 Å². The van der Waals surface area contributed by atoms with E-state index >= 15 is 0 Å². The Hall–Kier alpha value is -2.67. The average Bonchev–Trinajstić information content (AvgIpc) is 3.00. The second-order valence-corrected chi connectivity index (χ2v) is 6.18. The first-order valence-corrected chi connectivity index (χ1v) is 7.47. The fraction of sp³-hybridized carbons (Fsp3) is 0.250. The molecular weight excluding hydrogens is 332 g/mol. The first-order chi connectivity index (χ1) is 11.2. The van der Waals surface area contributed by atoms with E-state index < -0.39 is 11.4 Å². The van der Waals surface area contributed by atoms with E-state index in [1.165, 1.54) is 0 Å². The van der Waals surface area contributed by atoms with E-state index in [4.69, 9.17) is 21.9 Å². The summed E-state index contributed by atoms with van der Waals surface area (Å²) in [5, 5.41) is 7.09. The standard InChI is InChI=1S/C16H17ClN4O3/c1-9(8-10-4-6-11(17)7-5-10)13(23)20-16(2,3)15-19-14(12(18)22)24-21-15/h4-8H,1-3H3,(H2,18,22)(H,20,23). The molecule has 1 aromatic heterocycles. The molecule has 0 fully saturated rings. The Morgan fingerprint density at radius 1 is 1.29 bits per heavy atom. The second kappa shape index (κ2) is 6.84. The fourth-order valence-electron chi connectivity index (χ4n) is 1.89. The number of nitrogens with two attached hydrogens (primary N) is 1. The van der Waals surface area contributed by atoms with Gasteiger partial charge in [0.15, 0.2) is 5.82 Å². The molecule has 3 N–H and O–H groups in total. The number of hydrogen-bond acceptors (Lipinski definition) is 5. The molecule has 2 rings (SSSR count). The maximum absolute atomic E-state index is 12.4. The number of nitrogens with one attached hydrogen (secondary N) is 1. The average molecular weight is 349 g/mol. The van der Waals surface area contributed by atoms with Gasteiger partial charge in [0.05, 0.1) is 5.54 Å². The lowest BCUT2D eigenvalue weighted by Gasteiger charge is -2.22. The SMILES string of the molecule is CC(=Cc1ccc(Cl)cc1)C(=O)NC(C)(C)c1noc(C(N)=O)n1. The number of carbonyl (C=O) groups excluding carboxylic acids is 2. The topological polar surface area (TPSA) is 111 Å². The summed E-state index contributed by atoms with van der Waals surface area (Å²) < 4.78 is 4.75. The van der Waals surface area contributed by atoms with Crippen molar-refractivity contribution in [1.29, 1.82) is 0 Å². The van der Waals surface area contributed by atoms with Crippen LogP contribution in [-0.4, -0.2) is 22.0 Å². The molecule has 0 saturated heterocycles.